The maximum absolute atomic E-state index is 5.52. The molecular formula is C22H22N6O2. The first-order chi connectivity index (χ1) is 14.8. The molecule has 1 saturated heterocycles. The van der Waals surface area contributed by atoms with Crippen molar-refractivity contribution in [1.82, 2.24) is 14.6 Å². The number of aryl methyl sites for hydroxylation is 1. The lowest BCUT2D eigenvalue weighted by Gasteiger charge is -2.29. The van der Waals surface area contributed by atoms with Crippen molar-refractivity contribution in [2.24, 2.45) is 5.10 Å². The third-order valence-corrected chi connectivity index (χ3v) is 4.95. The van der Waals surface area contributed by atoms with E-state index in [1.165, 1.54) is 0 Å². The molecule has 0 saturated carbocycles. The van der Waals surface area contributed by atoms with E-state index in [0.29, 0.717) is 24.8 Å². The van der Waals surface area contributed by atoms with Gasteiger partial charge in [0.2, 0.25) is 0 Å². The zero-order valence-corrected chi connectivity index (χ0v) is 16.7. The summed E-state index contributed by atoms with van der Waals surface area (Å²) in [5, 5.41) is 9.10. The van der Waals surface area contributed by atoms with Gasteiger partial charge in [0.15, 0.2) is 11.5 Å². The van der Waals surface area contributed by atoms with Gasteiger partial charge in [0.1, 0.15) is 17.3 Å². The lowest BCUT2D eigenvalue weighted by molar-refractivity contribution is 0.122. The van der Waals surface area contributed by atoms with Crippen molar-refractivity contribution in [2.75, 3.05) is 36.6 Å². The minimum atomic E-state index is 0.642. The van der Waals surface area contributed by atoms with E-state index in [9.17, 15) is 0 Å². The third-order valence-electron chi connectivity index (χ3n) is 4.95. The van der Waals surface area contributed by atoms with Gasteiger partial charge in [0.05, 0.1) is 25.1 Å². The van der Waals surface area contributed by atoms with E-state index in [1.807, 2.05) is 66.0 Å². The number of ether oxygens (including phenoxy) is 1. The second-order valence-electron chi connectivity index (χ2n) is 7.08. The van der Waals surface area contributed by atoms with Crippen LogP contribution < -0.4 is 10.3 Å². The Morgan fingerprint density at radius 3 is 2.67 bits per heavy atom. The van der Waals surface area contributed by atoms with Gasteiger partial charge in [-0.1, -0.05) is 30.3 Å². The molecule has 152 valence electrons. The number of rotatable bonds is 5. The van der Waals surface area contributed by atoms with Crippen LogP contribution in [0.5, 0.6) is 0 Å². The van der Waals surface area contributed by atoms with E-state index in [0.717, 1.165) is 41.6 Å². The molecule has 0 bridgehead atoms. The van der Waals surface area contributed by atoms with Crippen molar-refractivity contribution in [3.8, 4) is 11.3 Å². The first-order valence-electron chi connectivity index (χ1n) is 9.91. The van der Waals surface area contributed by atoms with Gasteiger partial charge >= 0.3 is 0 Å². The summed E-state index contributed by atoms with van der Waals surface area (Å²) in [7, 11) is 0. The van der Waals surface area contributed by atoms with Crippen LogP contribution in [0.25, 0.3) is 16.9 Å². The highest BCUT2D eigenvalue weighted by atomic mass is 16.5. The van der Waals surface area contributed by atoms with E-state index >= 15 is 0 Å². The molecule has 1 aromatic carbocycles. The van der Waals surface area contributed by atoms with Crippen molar-refractivity contribution in [1.29, 1.82) is 0 Å². The molecule has 1 N–H and O–H groups in total. The lowest BCUT2D eigenvalue weighted by atomic mass is 10.2. The van der Waals surface area contributed by atoms with Gasteiger partial charge in [-0.2, -0.15) is 14.7 Å². The number of fused-ring (bicyclic) bond motifs is 1. The van der Waals surface area contributed by atoms with E-state index in [1.54, 1.807) is 6.21 Å². The van der Waals surface area contributed by atoms with Gasteiger partial charge in [-0.15, -0.1) is 0 Å². The summed E-state index contributed by atoms with van der Waals surface area (Å²) < 4.78 is 12.9. The van der Waals surface area contributed by atoms with Gasteiger partial charge in [0, 0.05) is 30.8 Å². The maximum atomic E-state index is 5.52. The van der Waals surface area contributed by atoms with E-state index in [4.69, 9.17) is 19.2 Å². The van der Waals surface area contributed by atoms with Crippen LogP contribution in [0, 0.1) is 6.92 Å². The molecule has 8 heteroatoms. The second kappa shape index (κ2) is 8.00. The molecule has 0 atom stereocenters. The number of furan rings is 1. The minimum Gasteiger partial charge on any atom is -0.460 e. The van der Waals surface area contributed by atoms with Gasteiger partial charge < -0.3 is 14.1 Å². The largest absolute Gasteiger partial charge is 0.460 e. The molecule has 0 radical (unpaired) electrons. The Labute approximate surface area is 173 Å². The van der Waals surface area contributed by atoms with Crippen molar-refractivity contribution in [2.45, 2.75) is 6.92 Å². The van der Waals surface area contributed by atoms with Crippen LogP contribution in [-0.4, -0.2) is 47.1 Å². The van der Waals surface area contributed by atoms with Crippen molar-refractivity contribution >= 4 is 23.5 Å². The fraction of sp³-hybridized carbons (Fsp3) is 0.227. The summed E-state index contributed by atoms with van der Waals surface area (Å²) in [4.78, 5) is 6.96. The molecule has 0 aliphatic carbocycles. The van der Waals surface area contributed by atoms with Gasteiger partial charge in [-0.3, -0.25) is 5.43 Å². The molecule has 1 aliphatic heterocycles. The predicted octanol–water partition coefficient (Wildman–Crippen LogP) is 3.58. The average Bonchev–Trinajstić information content (AvgIpc) is 3.40. The molecular weight excluding hydrogens is 380 g/mol. The number of benzene rings is 1. The summed E-state index contributed by atoms with van der Waals surface area (Å²) in [6.07, 6.45) is 1.64. The Morgan fingerprint density at radius 1 is 1.07 bits per heavy atom. The van der Waals surface area contributed by atoms with E-state index in [-0.39, 0.29) is 0 Å². The maximum Gasteiger partial charge on any atom is 0.160 e. The molecule has 0 unspecified atom stereocenters. The number of morpholine rings is 1. The highest BCUT2D eigenvalue weighted by molar-refractivity contribution is 5.76. The first-order valence-corrected chi connectivity index (χ1v) is 9.91. The molecule has 4 heterocycles. The normalized spacial score (nSPS) is 14.6. The van der Waals surface area contributed by atoms with E-state index in [2.05, 4.69) is 15.4 Å². The molecule has 8 nitrogen and oxygen atoms in total. The predicted molar refractivity (Wildman–Crippen MR) is 116 cm³/mol. The fourth-order valence-electron chi connectivity index (χ4n) is 3.47. The van der Waals surface area contributed by atoms with Gasteiger partial charge in [-0.25, -0.2) is 4.98 Å². The fourth-order valence-corrected chi connectivity index (χ4v) is 3.47. The average molecular weight is 402 g/mol. The Balaban J connectivity index is 1.51. The van der Waals surface area contributed by atoms with E-state index < -0.39 is 0 Å². The van der Waals surface area contributed by atoms with Crippen LogP contribution in [0.2, 0.25) is 0 Å². The summed E-state index contributed by atoms with van der Waals surface area (Å²) in [6, 6.07) is 17.8. The van der Waals surface area contributed by atoms with Crippen LogP contribution in [-0.2, 0) is 4.74 Å². The molecule has 30 heavy (non-hydrogen) atoms. The van der Waals surface area contributed by atoms with Gasteiger partial charge in [-0.05, 0) is 19.1 Å². The standard InChI is InChI=1S/C22H22N6O2/c1-16-7-8-18(30-16)15-23-25-20-14-22(27-9-11-29-12-10-27)28-21(24-20)13-19(26-28)17-5-3-2-4-6-17/h2-8,13-15H,9-12H2,1H3,(H,24,25). The third kappa shape index (κ3) is 3.77. The zero-order chi connectivity index (χ0) is 20.3. The first kappa shape index (κ1) is 18.4. The molecule has 3 aromatic heterocycles. The highest BCUT2D eigenvalue weighted by Crippen LogP contribution is 2.25. The molecule has 1 fully saturated rings. The quantitative estimate of drug-likeness (QED) is 0.406. The van der Waals surface area contributed by atoms with Crippen molar-refractivity contribution in [3.05, 3.63) is 66.1 Å². The Bertz CT molecular complexity index is 1180. The van der Waals surface area contributed by atoms with Crippen molar-refractivity contribution < 1.29 is 9.15 Å². The number of nitrogens with one attached hydrogen (secondary N) is 1. The van der Waals surface area contributed by atoms with Crippen molar-refractivity contribution in [3.63, 3.8) is 0 Å². The minimum absolute atomic E-state index is 0.642. The van der Waals surface area contributed by atoms with Crippen LogP contribution in [0.15, 0.2) is 64.1 Å². The Kier molecular flexibility index (Phi) is 4.90. The molecule has 0 spiro atoms. The number of anilines is 2. The van der Waals surface area contributed by atoms with Gasteiger partial charge in [0.25, 0.3) is 0 Å². The van der Waals surface area contributed by atoms with Crippen LogP contribution in [0.3, 0.4) is 0 Å². The number of hydrogen-bond acceptors (Lipinski definition) is 7. The summed E-state index contributed by atoms with van der Waals surface area (Å²) in [5.41, 5.74) is 5.71. The lowest BCUT2D eigenvalue weighted by Crippen LogP contribution is -2.37. The Hall–Kier alpha value is -3.65. The SMILES string of the molecule is Cc1ccc(C=NNc2cc(N3CCOCC3)n3nc(-c4ccccc4)cc3n2)o1. The second-order valence-corrected chi connectivity index (χ2v) is 7.08. The topological polar surface area (TPSA) is 80.2 Å². The highest BCUT2D eigenvalue weighted by Gasteiger charge is 2.18. The summed E-state index contributed by atoms with van der Waals surface area (Å²) >= 11 is 0. The Morgan fingerprint density at radius 2 is 1.90 bits per heavy atom. The monoisotopic (exact) mass is 402 g/mol. The van der Waals surface area contributed by atoms with Crippen LogP contribution in [0.1, 0.15) is 11.5 Å². The molecule has 5 rings (SSSR count). The zero-order valence-electron chi connectivity index (χ0n) is 16.7. The summed E-state index contributed by atoms with van der Waals surface area (Å²) in [6.45, 7) is 4.88. The number of hydrogen-bond donors (Lipinski definition) is 1. The van der Waals surface area contributed by atoms with Crippen LogP contribution in [0.4, 0.5) is 11.6 Å². The number of hydrazone groups is 1. The number of nitrogens with zero attached hydrogens (tertiary/aromatic N) is 5. The molecule has 4 aromatic rings. The molecule has 1 aliphatic rings. The molecule has 0 amide bonds. The smallest absolute Gasteiger partial charge is 0.160 e. The summed E-state index contributed by atoms with van der Waals surface area (Å²) in [5.74, 6) is 3.13. The number of aromatic nitrogens is 3. The van der Waals surface area contributed by atoms with Crippen LogP contribution >= 0.6 is 0 Å².